The second kappa shape index (κ2) is 4.01. The largest absolute Gasteiger partial charge is 0.475 e. The van der Waals surface area contributed by atoms with Crippen LogP contribution in [0, 0.1) is 0 Å². The molecule has 0 saturated heterocycles. The highest BCUT2D eigenvalue weighted by atomic mass is 32.1. The van der Waals surface area contributed by atoms with Crippen LogP contribution in [0.5, 0.6) is 0 Å². The summed E-state index contributed by atoms with van der Waals surface area (Å²) >= 11 is 0.898. The lowest BCUT2D eigenvalue weighted by Gasteiger charge is -1.91. The van der Waals surface area contributed by atoms with Gasteiger partial charge in [-0.05, 0) is 6.07 Å². The molecule has 0 unspecified atom stereocenters. The molecule has 74 valence electrons. The molecule has 0 radical (unpaired) electrons. The molecule has 0 spiro atoms. The first kappa shape index (κ1) is 10.4. The second-order valence-electron chi connectivity index (χ2n) is 2.33. The van der Waals surface area contributed by atoms with Gasteiger partial charge < -0.3 is 9.84 Å². The fourth-order valence-corrected chi connectivity index (χ4v) is 1.59. The third kappa shape index (κ3) is 1.97. The van der Waals surface area contributed by atoms with E-state index in [0.29, 0.717) is 0 Å². The number of Topliss-reactive ketones (excluding diaryl/α,β-unsaturated/α-hetero) is 1. The van der Waals surface area contributed by atoms with Gasteiger partial charge in [0.2, 0.25) is 0 Å². The normalized spacial score (nSPS) is 9.50. The van der Waals surface area contributed by atoms with Crippen LogP contribution in [0.4, 0.5) is 0 Å². The number of carboxylic acids is 1. The van der Waals surface area contributed by atoms with Crippen LogP contribution in [-0.4, -0.2) is 29.9 Å². The first-order valence-corrected chi connectivity index (χ1v) is 4.38. The predicted molar refractivity (Wildman–Crippen MR) is 47.6 cm³/mol. The van der Waals surface area contributed by atoms with Crippen molar-refractivity contribution in [2.45, 2.75) is 0 Å². The second-order valence-corrected chi connectivity index (χ2v) is 3.24. The summed E-state index contributed by atoms with van der Waals surface area (Å²) in [5.41, 5.74) is 0.183. The molecule has 0 aromatic carbocycles. The zero-order chi connectivity index (χ0) is 10.7. The van der Waals surface area contributed by atoms with E-state index in [4.69, 9.17) is 5.11 Å². The quantitative estimate of drug-likeness (QED) is 0.457. The molecule has 6 heteroatoms. The lowest BCUT2D eigenvalue weighted by molar-refractivity contribution is -0.131. The first-order valence-electron chi connectivity index (χ1n) is 3.50. The van der Waals surface area contributed by atoms with Crippen LogP contribution < -0.4 is 0 Å². The van der Waals surface area contributed by atoms with Crippen LogP contribution in [0.15, 0.2) is 11.4 Å². The van der Waals surface area contributed by atoms with Gasteiger partial charge in [0.25, 0.3) is 5.78 Å². The van der Waals surface area contributed by atoms with E-state index < -0.39 is 17.7 Å². The van der Waals surface area contributed by atoms with E-state index >= 15 is 0 Å². The van der Waals surface area contributed by atoms with Gasteiger partial charge in [-0.25, -0.2) is 9.59 Å². The van der Waals surface area contributed by atoms with Crippen molar-refractivity contribution in [3.63, 3.8) is 0 Å². The minimum Gasteiger partial charge on any atom is -0.475 e. The summed E-state index contributed by atoms with van der Waals surface area (Å²) in [6.45, 7) is 0. The molecule has 1 rings (SSSR count). The van der Waals surface area contributed by atoms with Crippen LogP contribution in [0.25, 0.3) is 0 Å². The van der Waals surface area contributed by atoms with Gasteiger partial charge in [0.15, 0.2) is 0 Å². The molecule has 0 amide bonds. The zero-order valence-corrected chi connectivity index (χ0v) is 7.96. The minimum absolute atomic E-state index is 0.0119. The van der Waals surface area contributed by atoms with Crippen molar-refractivity contribution in [2.75, 3.05) is 7.11 Å². The van der Waals surface area contributed by atoms with E-state index in [1.54, 1.807) is 0 Å². The third-order valence-corrected chi connectivity index (χ3v) is 2.37. The highest BCUT2D eigenvalue weighted by Gasteiger charge is 2.18. The average Bonchev–Trinajstić information content (AvgIpc) is 2.64. The summed E-state index contributed by atoms with van der Waals surface area (Å²) in [6.07, 6.45) is 0. The maximum atomic E-state index is 10.9. The molecule has 0 fully saturated rings. The molecule has 14 heavy (non-hydrogen) atoms. The summed E-state index contributed by atoms with van der Waals surface area (Å²) in [5.74, 6) is -3.15. The Hall–Kier alpha value is -1.69. The van der Waals surface area contributed by atoms with Crippen LogP contribution in [0.1, 0.15) is 20.0 Å². The molecule has 0 atom stereocenters. The molecule has 5 nitrogen and oxygen atoms in total. The Bertz CT molecular complexity index is 392. The third-order valence-electron chi connectivity index (χ3n) is 1.44. The van der Waals surface area contributed by atoms with Gasteiger partial charge in [-0.2, -0.15) is 0 Å². The molecule has 0 saturated carbocycles. The summed E-state index contributed by atoms with van der Waals surface area (Å²) in [5, 5.41) is 9.76. The molecule has 1 aromatic heterocycles. The Balaban J connectivity index is 2.94. The highest BCUT2D eigenvalue weighted by molar-refractivity contribution is 7.13. The summed E-state index contributed by atoms with van der Waals surface area (Å²) in [7, 11) is 1.21. The minimum atomic E-state index is -1.54. The Labute approximate surface area is 82.9 Å². The lowest BCUT2D eigenvalue weighted by atomic mass is 10.2. The fourth-order valence-electron chi connectivity index (χ4n) is 0.786. The Morgan fingerprint density at radius 1 is 1.43 bits per heavy atom. The zero-order valence-electron chi connectivity index (χ0n) is 7.14. The number of carbonyl (C=O) groups excluding carboxylic acids is 2. The number of aliphatic carboxylic acids is 1. The number of methoxy groups -OCH3 is 1. The van der Waals surface area contributed by atoms with Gasteiger partial charge in [-0.1, -0.05) is 0 Å². The van der Waals surface area contributed by atoms with Gasteiger partial charge in [-0.3, -0.25) is 4.79 Å². The summed E-state index contributed by atoms with van der Waals surface area (Å²) < 4.78 is 4.40. The Morgan fingerprint density at radius 2 is 2.07 bits per heavy atom. The molecular formula is C8H6O5S. The summed E-state index contributed by atoms with van der Waals surface area (Å²) in [4.78, 5) is 32.2. The Morgan fingerprint density at radius 3 is 2.57 bits per heavy atom. The molecule has 0 aliphatic heterocycles. The van der Waals surface area contributed by atoms with Gasteiger partial charge in [0.1, 0.15) is 0 Å². The number of thiophene rings is 1. The van der Waals surface area contributed by atoms with Gasteiger partial charge in [0, 0.05) is 5.38 Å². The molecule has 1 heterocycles. The number of rotatable bonds is 3. The van der Waals surface area contributed by atoms with E-state index in [1.807, 2.05) is 0 Å². The average molecular weight is 214 g/mol. The predicted octanol–water partition coefficient (Wildman–Crippen LogP) is 0.802. The monoisotopic (exact) mass is 214 g/mol. The standard InChI is InChI=1S/C8H6O5S/c1-13-8(12)4-2-5(14-3-4)6(9)7(10)11/h2-3H,1H3,(H,10,11). The van der Waals surface area contributed by atoms with E-state index in [9.17, 15) is 14.4 Å². The number of hydrogen-bond acceptors (Lipinski definition) is 5. The van der Waals surface area contributed by atoms with Crippen molar-refractivity contribution in [3.05, 3.63) is 21.9 Å². The maximum Gasteiger partial charge on any atom is 0.378 e. The van der Waals surface area contributed by atoms with Crippen molar-refractivity contribution >= 4 is 29.1 Å². The molecule has 0 aliphatic rings. The van der Waals surface area contributed by atoms with Gasteiger partial charge >= 0.3 is 11.9 Å². The van der Waals surface area contributed by atoms with Crippen LogP contribution >= 0.6 is 11.3 Å². The van der Waals surface area contributed by atoms with Crippen LogP contribution in [-0.2, 0) is 9.53 Å². The van der Waals surface area contributed by atoms with Crippen molar-refractivity contribution < 1.29 is 24.2 Å². The maximum absolute atomic E-state index is 10.9. The number of carboxylic acid groups (broad SMARTS) is 1. The van der Waals surface area contributed by atoms with Crippen LogP contribution in [0.3, 0.4) is 0 Å². The van der Waals surface area contributed by atoms with Crippen molar-refractivity contribution in [2.24, 2.45) is 0 Å². The van der Waals surface area contributed by atoms with Gasteiger partial charge in [0.05, 0.1) is 17.6 Å². The molecule has 0 bridgehead atoms. The number of ketones is 1. The lowest BCUT2D eigenvalue weighted by Crippen LogP contribution is -2.10. The number of carbonyl (C=O) groups is 3. The van der Waals surface area contributed by atoms with Gasteiger partial charge in [-0.15, -0.1) is 11.3 Å². The molecule has 1 aromatic rings. The SMILES string of the molecule is COC(=O)c1csc(C(=O)C(=O)O)c1. The number of ether oxygens (including phenoxy) is 1. The van der Waals surface area contributed by atoms with E-state index in [1.165, 1.54) is 18.6 Å². The molecule has 1 N–H and O–H groups in total. The number of esters is 1. The summed E-state index contributed by atoms with van der Waals surface area (Å²) in [6, 6.07) is 1.20. The molecule has 0 aliphatic carbocycles. The fraction of sp³-hybridized carbons (Fsp3) is 0.125. The van der Waals surface area contributed by atoms with E-state index in [2.05, 4.69) is 4.74 Å². The highest BCUT2D eigenvalue weighted by Crippen LogP contribution is 2.16. The molecular weight excluding hydrogens is 208 g/mol. The Kier molecular flexibility index (Phi) is 2.98. The number of hydrogen-bond donors (Lipinski definition) is 1. The van der Waals surface area contributed by atoms with E-state index in [0.717, 1.165) is 11.3 Å². The van der Waals surface area contributed by atoms with Crippen molar-refractivity contribution in [1.82, 2.24) is 0 Å². The van der Waals surface area contributed by atoms with Crippen molar-refractivity contribution in [1.29, 1.82) is 0 Å². The van der Waals surface area contributed by atoms with Crippen molar-refractivity contribution in [3.8, 4) is 0 Å². The van der Waals surface area contributed by atoms with E-state index in [-0.39, 0.29) is 10.4 Å². The first-order chi connectivity index (χ1) is 6.56. The van der Waals surface area contributed by atoms with Crippen LogP contribution in [0.2, 0.25) is 0 Å². The smallest absolute Gasteiger partial charge is 0.378 e. The topological polar surface area (TPSA) is 80.7 Å².